The quantitative estimate of drug-likeness (QED) is 0.451. The van der Waals surface area contributed by atoms with Crippen molar-refractivity contribution in [2.75, 3.05) is 5.75 Å². The van der Waals surface area contributed by atoms with Crippen LogP contribution in [0.25, 0.3) is 0 Å². The number of nitrogens with zero attached hydrogens (tertiary/aromatic N) is 4. The van der Waals surface area contributed by atoms with Gasteiger partial charge in [-0.3, -0.25) is 10.1 Å². The van der Waals surface area contributed by atoms with E-state index in [2.05, 4.69) is 15.5 Å². The van der Waals surface area contributed by atoms with Crippen LogP contribution in [0.5, 0.6) is 0 Å². The average Bonchev–Trinajstić information content (AvgIpc) is 2.96. The number of amides is 1. The topological polar surface area (TPSA) is 83.6 Å². The fourth-order valence-corrected chi connectivity index (χ4v) is 1.95. The van der Waals surface area contributed by atoms with Crippen molar-refractivity contribution in [3.8, 4) is 6.19 Å². The number of thioether (sulfide) groups is 1. The molecule has 0 bridgehead atoms. The summed E-state index contributed by atoms with van der Waals surface area (Å²) < 4.78 is 1.98. The van der Waals surface area contributed by atoms with Crippen LogP contribution in [-0.4, -0.2) is 26.4 Å². The lowest BCUT2D eigenvalue weighted by atomic mass is 10.7. The lowest BCUT2D eigenvalue weighted by molar-refractivity contribution is -0.117. The zero-order valence-corrected chi connectivity index (χ0v) is 8.70. The van der Waals surface area contributed by atoms with Crippen LogP contribution < -0.4 is 5.32 Å². The molecule has 0 spiro atoms. The van der Waals surface area contributed by atoms with Crippen molar-refractivity contribution in [1.29, 1.82) is 5.26 Å². The van der Waals surface area contributed by atoms with Gasteiger partial charge in [-0.25, -0.2) is 0 Å². The summed E-state index contributed by atoms with van der Waals surface area (Å²) in [6.07, 6.45) is 5.57. The van der Waals surface area contributed by atoms with Gasteiger partial charge in [0.25, 0.3) is 0 Å². The molecule has 1 heterocycles. The molecule has 0 unspecified atom stereocenters. The number of aromatic nitrogens is 3. The first-order valence-electron chi connectivity index (χ1n) is 4.51. The Morgan fingerprint density at radius 2 is 2.60 bits per heavy atom. The molecule has 0 aromatic carbocycles. The summed E-state index contributed by atoms with van der Waals surface area (Å²) in [6.45, 7) is 0. The van der Waals surface area contributed by atoms with E-state index in [1.807, 2.05) is 4.57 Å². The lowest BCUT2D eigenvalue weighted by Crippen LogP contribution is -2.19. The standard InChI is InChI=1S/C8H9N5OS/c9-4-10-7(14)3-15-8-12-11-5-13(8)6-1-2-6/h5-6H,1-3H2,(H,10,14). The Kier molecular flexibility index (Phi) is 2.87. The van der Waals surface area contributed by atoms with Gasteiger partial charge in [0.15, 0.2) is 11.3 Å². The molecule has 1 aliphatic carbocycles. The summed E-state index contributed by atoms with van der Waals surface area (Å²) in [4.78, 5) is 11.0. The average molecular weight is 223 g/mol. The lowest BCUT2D eigenvalue weighted by Gasteiger charge is -2.02. The largest absolute Gasteiger partial charge is 0.306 e. The third-order valence-electron chi connectivity index (χ3n) is 2.01. The van der Waals surface area contributed by atoms with Gasteiger partial charge in [0, 0.05) is 6.04 Å². The predicted octanol–water partition coefficient (Wildman–Crippen LogP) is 0.302. The monoisotopic (exact) mass is 223 g/mol. The van der Waals surface area contributed by atoms with Crippen LogP contribution in [-0.2, 0) is 4.79 Å². The first-order valence-corrected chi connectivity index (χ1v) is 5.50. The third kappa shape index (κ3) is 2.47. The summed E-state index contributed by atoms with van der Waals surface area (Å²) in [5, 5.41) is 18.7. The van der Waals surface area contributed by atoms with Crippen LogP contribution in [0.15, 0.2) is 11.5 Å². The van der Waals surface area contributed by atoms with E-state index in [9.17, 15) is 4.79 Å². The van der Waals surface area contributed by atoms with Gasteiger partial charge in [-0.1, -0.05) is 11.8 Å². The van der Waals surface area contributed by atoms with Gasteiger partial charge in [-0.2, -0.15) is 5.26 Å². The van der Waals surface area contributed by atoms with Crippen LogP contribution in [0.4, 0.5) is 0 Å². The maximum absolute atomic E-state index is 11.0. The molecule has 1 aromatic rings. The molecule has 0 aliphatic heterocycles. The molecule has 2 rings (SSSR count). The molecular weight excluding hydrogens is 214 g/mol. The molecule has 1 amide bonds. The maximum Gasteiger partial charge on any atom is 0.243 e. The van der Waals surface area contributed by atoms with E-state index >= 15 is 0 Å². The van der Waals surface area contributed by atoms with E-state index in [-0.39, 0.29) is 11.7 Å². The third-order valence-corrected chi connectivity index (χ3v) is 2.97. The second kappa shape index (κ2) is 4.31. The Morgan fingerprint density at radius 1 is 1.80 bits per heavy atom. The fourth-order valence-electron chi connectivity index (χ4n) is 1.17. The van der Waals surface area contributed by atoms with Crippen LogP contribution >= 0.6 is 11.8 Å². The zero-order chi connectivity index (χ0) is 10.7. The van der Waals surface area contributed by atoms with Crippen LogP contribution in [0.1, 0.15) is 18.9 Å². The van der Waals surface area contributed by atoms with Crippen molar-refractivity contribution >= 4 is 17.7 Å². The molecular formula is C8H9N5OS. The minimum atomic E-state index is -0.312. The van der Waals surface area contributed by atoms with Gasteiger partial charge in [0.05, 0.1) is 5.75 Å². The summed E-state index contributed by atoms with van der Waals surface area (Å²) >= 11 is 1.30. The van der Waals surface area contributed by atoms with Gasteiger partial charge in [-0.15, -0.1) is 10.2 Å². The normalized spacial score (nSPS) is 14.6. The highest BCUT2D eigenvalue weighted by Gasteiger charge is 2.26. The van der Waals surface area contributed by atoms with Crippen molar-refractivity contribution in [2.24, 2.45) is 0 Å². The predicted molar refractivity (Wildman–Crippen MR) is 52.8 cm³/mol. The molecule has 0 radical (unpaired) electrons. The second-order valence-corrected chi connectivity index (χ2v) is 4.14. The molecule has 1 aromatic heterocycles. The summed E-state index contributed by atoms with van der Waals surface area (Å²) in [5.74, 6) is -0.119. The molecule has 1 N–H and O–H groups in total. The summed E-state index contributed by atoms with van der Waals surface area (Å²) in [7, 11) is 0. The van der Waals surface area contributed by atoms with Gasteiger partial charge < -0.3 is 4.57 Å². The first-order chi connectivity index (χ1) is 7.31. The number of carbonyl (C=O) groups is 1. The van der Waals surface area contributed by atoms with Gasteiger partial charge in [-0.05, 0) is 12.8 Å². The smallest absolute Gasteiger partial charge is 0.243 e. The van der Waals surface area contributed by atoms with E-state index in [0.717, 1.165) is 18.0 Å². The highest BCUT2D eigenvalue weighted by Crippen LogP contribution is 2.37. The Labute approximate surface area is 90.7 Å². The maximum atomic E-state index is 11.0. The fraction of sp³-hybridized carbons (Fsp3) is 0.500. The van der Waals surface area contributed by atoms with E-state index < -0.39 is 0 Å². The second-order valence-electron chi connectivity index (χ2n) is 3.20. The molecule has 0 saturated heterocycles. The molecule has 7 heteroatoms. The number of nitrogens with one attached hydrogen (secondary N) is 1. The SMILES string of the molecule is N#CNC(=O)CSc1nncn1C1CC1. The Morgan fingerprint density at radius 3 is 3.27 bits per heavy atom. The van der Waals surface area contributed by atoms with E-state index in [1.165, 1.54) is 11.8 Å². The summed E-state index contributed by atoms with van der Waals surface area (Å²) in [5.41, 5.74) is 0. The number of rotatable bonds is 4. The number of hydrogen-bond acceptors (Lipinski definition) is 5. The Balaban J connectivity index is 1.90. The Bertz CT molecular complexity index is 405. The van der Waals surface area contributed by atoms with E-state index in [4.69, 9.17) is 5.26 Å². The minimum absolute atomic E-state index is 0.193. The molecule has 6 nitrogen and oxygen atoms in total. The molecule has 1 fully saturated rings. The van der Waals surface area contributed by atoms with Gasteiger partial charge >= 0.3 is 0 Å². The molecule has 0 atom stereocenters. The van der Waals surface area contributed by atoms with E-state index in [0.29, 0.717) is 6.04 Å². The van der Waals surface area contributed by atoms with Crippen LogP contribution in [0.2, 0.25) is 0 Å². The van der Waals surface area contributed by atoms with E-state index in [1.54, 1.807) is 12.5 Å². The van der Waals surface area contributed by atoms with Crippen molar-refractivity contribution < 1.29 is 4.79 Å². The van der Waals surface area contributed by atoms with Crippen molar-refractivity contribution in [3.63, 3.8) is 0 Å². The number of carbonyl (C=O) groups excluding carboxylic acids is 1. The Hall–Kier alpha value is -1.55. The van der Waals surface area contributed by atoms with Crippen molar-refractivity contribution in [2.45, 2.75) is 24.0 Å². The first kappa shape index (κ1) is 9.98. The number of nitriles is 1. The highest BCUT2D eigenvalue weighted by atomic mass is 32.2. The minimum Gasteiger partial charge on any atom is -0.306 e. The molecule has 15 heavy (non-hydrogen) atoms. The van der Waals surface area contributed by atoms with Crippen molar-refractivity contribution in [1.82, 2.24) is 20.1 Å². The number of hydrogen-bond donors (Lipinski definition) is 1. The highest BCUT2D eigenvalue weighted by molar-refractivity contribution is 7.99. The van der Waals surface area contributed by atoms with Crippen molar-refractivity contribution in [3.05, 3.63) is 6.33 Å². The van der Waals surface area contributed by atoms with Gasteiger partial charge in [0.1, 0.15) is 6.33 Å². The molecule has 1 aliphatic rings. The molecule has 78 valence electrons. The van der Waals surface area contributed by atoms with Crippen LogP contribution in [0.3, 0.4) is 0 Å². The zero-order valence-electron chi connectivity index (χ0n) is 7.88. The summed E-state index contributed by atoms with van der Waals surface area (Å²) in [6, 6.07) is 0.501. The molecule has 1 saturated carbocycles. The van der Waals surface area contributed by atoms with Crippen LogP contribution in [0, 0.1) is 11.5 Å². The van der Waals surface area contributed by atoms with Gasteiger partial charge in [0.2, 0.25) is 5.91 Å².